The number of hydrogen-bond donors (Lipinski definition) is 1. The van der Waals surface area contributed by atoms with E-state index in [1.807, 2.05) is 31.2 Å². The molecule has 2 rings (SSSR count). The molecule has 18 heavy (non-hydrogen) atoms. The van der Waals surface area contributed by atoms with Crippen LogP contribution in [0.4, 0.5) is 0 Å². The first-order valence-corrected chi connectivity index (χ1v) is 5.94. The Bertz CT molecular complexity index is 584. The molecule has 0 unspecified atom stereocenters. The summed E-state index contributed by atoms with van der Waals surface area (Å²) >= 11 is 6.19. The Kier molecular flexibility index (Phi) is 3.92. The van der Waals surface area contributed by atoms with Gasteiger partial charge in [0.05, 0.1) is 5.69 Å². The van der Waals surface area contributed by atoms with Crippen molar-refractivity contribution in [2.24, 2.45) is 0 Å². The summed E-state index contributed by atoms with van der Waals surface area (Å²) in [4.78, 5) is 3.89. The molecular formula is C12H12ClN5. The van der Waals surface area contributed by atoms with Gasteiger partial charge in [0.2, 0.25) is 0 Å². The average molecular weight is 262 g/mol. The van der Waals surface area contributed by atoms with Crippen molar-refractivity contribution in [2.45, 2.75) is 13.5 Å². The van der Waals surface area contributed by atoms with Crippen molar-refractivity contribution in [2.75, 3.05) is 6.54 Å². The highest BCUT2D eigenvalue weighted by atomic mass is 35.5. The topological polar surface area (TPSA) is 66.5 Å². The van der Waals surface area contributed by atoms with Gasteiger partial charge in [-0.25, -0.2) is 9.67 Å². The van der Waals surface area contributed by atoms with E-state index < -0.39 is 0 Å². The minimum absolute atomic E-state index is 0.143. The molecule has 1 aromatic carbocycles. The summed E-state index contributed by atoms with van der Waals surface area (Å²) in [6.45, 7) is 3.53. The van der Waals surface area contributed by atoms with Gasteiger partial charge in [0, 0.05) is 17.1 Å². The van der Waals surface area contributed by atoms with E-state index in [1.54, 1.807) is 4.68 Å². The van der Waals surface area contributed by atoms with Gasteiger partial charge in [-0.1, -0.05) is 24.6 Å². The molecule has 0 saturated heterocycles. The largest absolute Gasteiger partial charge is 0.313 e. The van der Waals surface area contributed by atoms with Crippen LogP contribution in [0.15, 0.2) is 24.5 Å². The van der Waals surface area contributed by atoms with Crippen molar-refractivity contribution in [3.8, 4) is 11.8 Å². The van der Waals surface area contributed by atoms with Crippen LogP contribution in [-0.2, 0) is 6.54 Å². The maximum Gasteiger partial charge on any atom is 0.252 e. The second-order valence-corrected chi connectivity index (χ2v) is 4.05. The third-order valence-corrected chi connectivity index (χ3v) is 2.84. The van der Waals surface area contributed by atoms with E-state index in [-0.39, 0.29) is 5.82 Å². The minimum Gasteiger partial charge on any atom is -0.313 e. The summed E-state index contributed by atoms with van der Waals surface area (Å²) in [5.74, 6) is 0.143. The molecule has 0 fully saturated rings. The highest BCUT2D eigenvalue weighted by Gasteiger charge is 2.10. The summed E-state index contributed by atoms with van der Waals surface area (Å²) < 4.78 is 1.57. The van der Waals surface area contributed by atoms with E-state index in [4.69, 9.17) is 16.9 Å². The Morgan fingerprint density at radius 1 is 1.50 bits per heavy atom. The van der Waals surface area contributed by atoms with E-state index in [0.29, 0.717) is 11.6 Å². The number of nitriles is 1. The fourth-order valence-electron chi connectivity index (χ4n) is 1.62. The lowest BCUT2D eigenvalue weighted by molar-refractivity contribution is 0.716. The highest BCUT2D eigenvalue weighted by molar-refractivity contribution is 6.31. The van der Waals surface area contributed by atoms with Crippen molar-refractivity contribution in [1.82, 2.24) is 20.1 Å². The standard InChI is InChI=1S/C12H12ClN5/c1-2-15-7-9-10(13)4-3-5-11(9)18-8-16-12(6-14)17-18/h3-5,8,15H,2,7H2,1H3. The normalized spacial score (nSPS) is 10.3. The number of nitrogens with one attached hydrogen (secondary N) is 1. The molecule has 1 aromatic heterocycles. The smallest absolute Gasteiger partial charge is 0.252 e. The molecular weight excluding hydrogens is 250 g/mol. The van der Waals surface area contributed by atoms with E-state index in [2.05, 4.69) is 15.4 Å². The quantitative estimate of drug-likeness (QED) is 0.913. The lowest BCUT2D eigenvalue weighted by Crippen LogP contribution is -2.14. The maximum atomic E-state index is 8.74. The third-order valence-electron chi connectivity index (χ3n) is 2.48. The first kappa shape index (κ1) is 12.6. The Morgan fingerprint density at radius 2 is 2.33 bits per heavy atom. The van der Waals surface area contributed by atoms with Crippen molar-refractivity contribution < 1.29 is 0 Å². The second-order valence-electron chi connectivity index (χ2n) is 3.64. The molecule has 0 spiro atoms. The number of hydrogen-bond acceptors (Lipinski definition) is 4. The first-order valence-electron chi connectivity index (χ1n) is 5.56. The highest BCUT2D eigenvalue weighted by Crippen LogP contribution is 2.22. The number of rotatable bonds is 4. The minimum atomic E-state index is 0.143. The Morgan fingerprint density at radius 3 is 3.00 bits per heavy atom. The molecule has 0 amide bonds. The molecule has 0 bridgehead atoms. The first-order chi connectivity index (χ1) is 8.76. The number of aromatic nitrogens is 3. The molecule has 0 atom stereocenters. The molecule has 5 nitrogen and oxygen atoms in total. The van der Waals surface area contributed by atoms with Gasteiger partial charge in [-0.05, 0) is 18.7 Å². The second kappa shape index (κ2) is 5.63. The molecule has 0 aliphatic heterocycles. The predicted molar refractivity (Wildman–Crippen MR) is 68.5 cm³/mol. The summed E-state index contributed by atoms with van der Waals surface area (Å²) in [5, 5.41) is 16.7. The third kappa shape index (κ3) is 2.50. The summed E-state index contributed by atoms with van der Waals surface area (Å²) in [6.07, 6.45) is 1.51. The Hall–Kier alpha value is -1.90. The molecule has 0 radical (unpaired) electrons. The lowest BCUT2D eigenvalue weighted by atomic mass is 10.1. The van der Waals surface area contributed by atoms with E-state index in [0.717, 1.165) is 17.8 Å². The lowest BCUT2D eigenvalue weighted by Gasteiger charge is -2.11. The van der Waals surface area contributed by atoms with Crippen LogP contribution in [0.2, 0.25) is 5.02 Å². The zero-order chi connectivity index (χ0) is 13.0. The average Bonchev–Trinajstić information content (AvgIpc) is 2.85. The van der Waals surface area contributed by atoms with Crippen molar-refractivity contribution in [3.63, 3.8) is 0 Å². The van der Waals surface area contributed by atoms with Crippen LogP contribution in [0.25, 0.3) is 5.69 Å². The van der Waals surface area contributed by atoms with Crippen LogP contribution in [0.3, 0.4) is 0 Å². The zero-order valence-corrected chi connectivity index (χ0v) is 10.6. The Balaban J connectivity index is 2.43. The molecule has 0 aliphatic carbocycles. The molecule has 1 heterocycles. The van der Waals surface area contributed by atoms with Crippen LogP contribution in [0.5, 0.6) is 0 Å². The summed E-state index contributed by atoms with van der Waals surface area (Å²) in [6, 6.07) is 7.48. The van der Waals surface area contributed by atoms with Crippen molar-refractivity contribution in [3.05, 3.63) is 40.9 Å². The maximum absolute atomic E-state index is 8.74. The molecule has 6 heteroatoms. The molecule has 92 valence electrons. The van der Waals surface area contributed by atoms with Crippen molar-refractivity contribution in [1.29, 1.82) is 5.26 Å². The number of halogens is 1. The van der Waals surface area contributed by atoms with Crippen molar-refractivity contribution >= 4 is 11.6 Å². The van der Waals surface area contributed by atoms with Gasteiger partial charge >= 0.3 is 0 Å². The van der Waals surface area contributed by atoms with Crippen LogP contribution >= 0.6 is 11.6 Å². The molecule has 0 aliphatic rings. The Labute approximate surface area is 110 Å². The van der Waals surface area contributed by atoms with Gasteiger partial charge in [-0.15, -0.1) is 5.10 Å². The van der Waals surface area contributed by atoms with E-state index >= 15 is 0 Å². The van der Waals surface area contributed by atoms with Crippen LogP contribution < -0.4 is 5.32 Å². The number of nitrogens with zero attached hydrogens (tertiary/aromatic N) is 4. The summed E-state index contributed by atoms with van der Waals surface area (Å²) in [5.41, 5.74) is 1.77. The van der Waals surface area contributed by atoms with Gasteiger partial charge in [-0.2, -0.15) is 5.26 Å². The fourth-order valence-corrected chi connectivity index (χ4v) is 1.85. The number of benzene rings is 1. The van der Waals surface area contributed by atoms with Gasteiger partial charge in [0.15, 0.2) is 0 Å². The molecule has 1 N–H and O–H groups in total. The van der Waals surface area contributed by atoms with Crippen LogP contribution in [-0.4, -0.2) is 21.3 Å². The summed E-state index contributed by atoms with van der Waals surface area (Å²) in [7, 11) is 0. The zero-order valence-electron chi connectivity index (χ0n) is 9.89. The fraction of sp³-hybridized carbons (Fsp3) is 0.250. The SMILES string of the molecule is CCNCc1c(Cl)cccc1-n1cnc(C#N)n1. The van der Waals surface area contributed by atoms with E-state index in [9.17, 15) is 0 Å². The van der Waals surface area contributed by atoms with Gasteiger partial charge in [-0.3, -0.25) is 0 Å². The van der Waals surface area contributed by atoms with Gasteiger partial charge in [0.1, 0.15) is 12.4 Å². The van der Waals surface area contributed by atoms with Crippen LogP contribution in [0.1, 0.15) is 18.3 Å². The molecule has 2 aromatic rings. The van der Waals surface area contributed by atoms with Gasteiger partial charge < -0.3 is 5.32 Å². The predicted octanol–water partition coefficient (Wildman–Crippen LogP) is 1.90. The molecule has 0 saturated carbocycles. The van der Waals surface area contributed by atoms with Crippen LogP contribution in [0, 0.1) is 11.3 Å². The van der Waals surface area contributed by atoms with Gasteiger partial charge in [0.25, 0.3) is 5.82 Å². The monoisotopic (exact) mass is 261 g/mol. The van der Waals surface area contributed by atoms with E-state index in [1.165, 1.54) is 6.33 Å².